The Kier molecular flexibility index (Phi) is 9.22. The van der Waals surface area contributed by atoms with Gasteiger partial charge in [0.05, 0.1) is 4.90 Å². The first-order chi connectivity index (χ1) is 17.3. The minimum atomic E-state index is -3.83. The van der Waals surface area contributed by atoms with Crippen LogP contribution >= 0.6 is 0 Å². The van der Waals surface area contributed by atoms with Crippen LogP contribution in [0.25, 0.3) is 0 Å². The number of nitrogens with one attached hydrogen (secondary N) is 1. The monoisotopic (exact) mass is 536 g/mol. The van der Waals surface area contributed by atoms with Crippen molar-refractivity contribution in [3.63, 3.8) is 0 Å². The van der Waals surface area contributed by atoms with Crippen LogP contribution in [0.5, 0.6) is 0 Å². The van der Waals surface area contributed by atoms with E-state index < -0.39 is 39.7 Å². The van der Waals surface area contributed by atoms with Crippen molar-refractivity contribution >= 4 is 27.9 Å². The van der Waals surface area contributed by atoms with Gasteiger partial charge in [0.15, 0.2) is 0 Å². The molecule has 0 spiro atoms. The number of nitrogens with zero attached hydrogens (tertiary/aromatic N) is 3. The molecule has 0 saturated carbocycles. The number of hydrogen-bond donors (Lipinski definition) is 1. The molecule has 3 amide bonds. The molecule has 1 aromatic carbocycles. The number of amides is 3. The highest BCUT2D eigenvalue weighted by molar-refractivity contribution is 7.89. The zero-order valence-electron chi connectivity index (χ0n) is 22.5. The van der Waals surface area contributed by atoms with Crippen molar-refractivity contribution in [2.45, 2.75) is 76.5 Å². The molecule has 2 atom stereocenters. The summed E-state index contributed by atoms with van der Waals surface area (Å²) in [5.74, 6) is -0.546. The van der Waals surface area contributed by atoms with Gasteiger partial charge in [-0.1, -0.05) is 32.0 Å². The Hall–Kier alpha value is -2.66. The maximum absolute atomic E-state index is 13.4. The highest BCUT2D eigenvalue weighted by Gasteiger charge is 2.41. The van der Waals surface area contributed by atoms with Crippen LogP contribution in [0.2, 0.25) is 0 Å². The molecule has 11 heteroatoms. The molecule has 2 fully saturated rings. The number of hydrogen-bond acceptors (Lipinski definition) is 6. The number of benzene rings is 1. The van der Waals surface area contributed by atoms with Crippen molar-refractivity contribution in [2.24, 2.45) is 5.92 Å². The Labute approximate surface area is 220 Å². The van der Waals surface area contributed by atoms with Gasteiger partial charge >= 0.3 is 6.09 Å². The van der Waals surface area contributed by atoms with Crippen molar-refractivity contribution in [3.8, 4) is 0 Å². The Morgan fingerprint density at radius 3 is 2.16 bits per heavy atom. The lowest BCUT2D eigenvalue weighted by Gasteiger charge is -2.37. The SMILES string of the molecule is CC(C)C[C@H](NC(=O)[C@@H]1CCCN1S(=O)(=O)c1ccccc1)C(=O)N1CCN(C(=O)OC(C)(C)C)CC1. The van der Waals surface area contributed by atoms with Crippen molar-refractivity contribution in [2.75, 3.05) is 32.7 Å². The molecule has 2 heterocycles. The number of rotatable bonds is 7. The van der Waals surface area contributed by atoms with Gasteiger partial charge < -0.3 is 19.9 Å². The van der Waals surface area contributed by atoms with Gasteiger partial charge in [0.25, 0.3) is 0 Å². The van der Waals surface area contributed by atoms with Crippen LogP contribution in [0.4, 0.5) is 4.79 Å². The van der Waals surface area contributed by atoms with E-state index in [1.165, 1.54) is 16.4 Å². The van der Waals surface area contributed by atoms with Gasteiger partial charge in [0, 0.05) is 32.7 Å². The predicted molar refractivity (Wildman–Crippen MR) is 139 cm³/mol. The lowest BCUT2D eigenvalue weighted by molar-refractivity contribution is -0.139. The largest absolute Gasteiger partial charge is 0.444 e. The summed E-state index contributed by atoms with van der Waals surface area (Å²) in [7, 11) is -3.83. The summed E-state index contributed by atoms with van der Waals surface area (Å²) in [5.41, 5.74) is -0.598. The average molecular weight is 537 g/mol. The number of piperazine rings is 1. The van der Waals surface area contributed by atoms with E-state index in [9.17, 15) is 22.8 Å². The summed E-state index contributed by atoms with van der Waals surface area (Å²) >= 11 is 0. The summed E-state index contributed by atoms with van der Waals surface area (Å²) in [6.07, 6.45) is 0.983. The topological polar surface area (TPSA) is 116 Å². The van der Waals surface area contributed by atoms with E-state index in [2.05, 4.69) is 5.32 Å². The zero-order chi connectivity index (χ0) is 27.4. The van der Waals surface area contributed by atoms with E-state index in [-0.39, 0.29) is 23.3 Å². The molecule has 0 aliphatic carbocycles. The first kappa shape index (κ1) is 28.9. The second-order valence-corrected chi connectivity index (χ2v) is 13.0. The van der Waals surface area contributed by atoms with Gasteiger partial charge in [0.1, 0.15) is 17.7 Å². The quantitative estimate of drug-likeness (QED) is 0.572. The summed E-state index contributed by atoms with van der Waals surface area (Å²) in [6.45, 7) is 11.0. The lowest BCUT2D eigenvalue weighted by Crippen LogP contribution is -2.58. The molecule has 0 radical (unpaired) electrons. The number of carbonyl (C=O) groups excluding carboxylic acids is 3. The highest BCUT2D eigenvalue weighted by atomic mass is 32.2. The summed E-state index contributed by atoms with van der Waals surface area (Å²) in [4.78, 5) is 42.5. The first-order valence-electron chi connectivity index (χ1n) is 12.9. The fourth-order valence-electron chi connectivity index (χ4n) is 4.63. The van der Waals surface area contributed by atoms with Crippen LogP contribution in [-0.2, 0) is 24.3 Å². The summed E-state index contributed by atoms with van der Waals surface area (Å²) in [5, 5.41) is 2.86. The van der Waals surface area contributed by atoms with Crippen LogP contribution in [-0.4, -0.2) is 90.8 Å². The van der Waals surface area contributed by atoms with Gasteiger partial charge in [0.2, 0.25) is 21.8 Å². The molecule has 2 saturated heterocycles. The molecule has 206 valence electrons. The minimum absolute atomic E-state index is 0.130. The molecule has 1 aromatic rings. The van der Waals surface area contributed by atoms with E-state index in [0.717, 1.165) is 0 Å². The third kappa shape index (κ3) is 7.44. The van der Waals surface area contributed by atoms with Gasteiger partial charge in [-0.25, -0.2) is 13.2 Å². The molecule has 10 nitrogen and oxygen atoms in total. The Bertz CT molecular complexity index is 1060. The number of ether oxygens (including phenoxy) is 1. The van der Waals surface area contributed by atoms with Crippen molar-refractivity contribution < 1.29 is 27.5 Å². The molecule has 3 rings (SSSR count). The maximum Gasteiger partial charge on any atom is 0.410 e. The van der Waals surface area contributed by atoms with E-state index in [4.69, 9.17) is 4.74 Å². The second kappa shape index (κ2) is 11.8. The zero-order valence-corrected chi connectivity index (χ0v) is 23.3. The molecule has 1 N–H and O–H groups in total. The summed E-state index contributed by atoms with van der Waals surface area (Å²) < 4.78 is 33.1. The van der Waals surface area contributed by atoms with Crippen LogP contribution in [0.15, 0.2) is 35.2 Å². The first-order valence-corrected chi connectivity index (χ1v) is 14.4. The fourth-order valence-corrected chi connectivity index (χ4v) is 6.31. The van der Waals surface area contributed by atoms with Gasteiger partial charge in [-0.3, -0.25) is 9.59 Å². The van der Waals surface area contributed by atoms with E-state index >= 15 is 0 Å². The van der Waals surface area contributed by atoms with Gasteiger partial charge in [-0.05, 0) is 58.1 Å². The van der Waals surface area contributed by atoms with Crippen LogP contribution in [0.1, 0.15) is 53.9 Å². The molecular weight excluding hydrogens is 496 g/mol. The molecule has 0 bridgehead atoms. The van der Waals surface area contributed by atoms with E-state index in [1.54, 1.807) is 48.8 Å². The minimum Gasteiger partial charge on any atom is -0.444 e. The van der Waals surface area contributed by atoms with Crippen LogP contribution < -0.4 is 5.32 Å². The standard InChI is InChI=1S/C26H40N4O6S/c1-19(2)18-21(24(32)28-14-16-29(17-15-28)25(33)36-26(3,4)5)27-23(31)22-12-9-13-30(22)37(34,35)20-10-7-6-8-11-20/h6-8,10-11,19,21-22H,9,12-18H2,1-5H3,(H,27,31)/t21-,22-/m0/s1. The van der Waals surface area contributed by atoms with E-state index in [0.29, 0.717) is 45.4 Å². The Morgan fingerprint density at radius 1 is 1.00 bits per heavy atom. The lowest BCUT2D eigenvalue weighted by atomic mass is 10.0. The van der Waals surface area contributed by atoms with Crippen LogP contribution in [0.3, 0.4) is 0 Å². The van der Waals surface area contributed by atoms with Crippen molar-refractivity contribution in [1.82, 2.24) is 19.4 Å². The highest BCUT2D eigenvalue weighted by Crippen LogP contribution is 2.26. The van der Waals surface area contributed by atoms with E-state index in [1.807, 2.05) is 13.8 Å². The Morgan fingerprint density at radius 2 is 1.59 bits per heavy atom. The van der Waals surface area contributed by atoms with Gasteiger partial charge in [-0.2, -0.15) is 4.31 Å². The third-order valence-electron chi connectivity index (χ3n) is 6.42. The molecule has 2 aliphatic heterocycles. The second-order valence-electron chi connectivity index (χ2n) is 11.1. The summed E-state index contributed by atoms with van der Waals surface area (Å²) in [6, 6.07) is 6.44. The van der Waals surface area contributed by atoms with Crippen LogP contribution in [0, 0.1) is 5.92 Å². The van der Waals surface area contributed by atoms with Gasteiger partial charge in [-0.15, -0.1) is 0 Å². The number of carbonyl (C=O) groups is 3. The smallest absolute Gasteiger partial charge is 0.410 e. The van der Waals surface area contributed by atoms with Crippen molar-refractivity contribution in [1.29, 1.82) is 0 Å². The fraction of sp³-hybridized carbons (Fsp3) is 0.654. The third-order valence-corrected chi connectivity index (χ3v) is 8.34. The Balaban J connectivity index is 1.67. The normalized spacial score (nSPS) is 20.1. The predicted octanol–water partition coefficient (Wildman–Crippen LogP) is 2.45. The molecule has 37 heavy (non-hydrogen) atoms. The molecule has 2 aliphatic rings. The average Bonchev–Trinajstić information content (AvgIpc) is 3.34. The number of sulfonamides is 1. The maximum atomic E-state index is 13.4. The molecule has 0 aromatic heterocycles. The molecular formula is C26H40N4O6S. The molecule has 0 unspecified atom stereocenters. The van der Waals surface area contributed by atoms with Crippen molar-refractivity contribution in [3.05, 3.63) is 30.3 Å².